The highest BCUT2D eigenvalue weighted by atomic mass is 16.3. The Bertz CT molecular complexity index is 1400. The summed E-state index contributed by atoms with van der Waals surface area (Å²) in [6.45, 7) is 1.82. The molecule has 0 heterocycles. The van der Waals surface area contributed by atoms with Crippen molar-refractivity contribution in [3.63, 3.8) is 0 Å². The van der Waals surface area contributed by atoms with Gasteiger partial charge >= 0.3 is 0 Å². The Morgan fingerprint density at radius 2 is 1.78 bits per heavy atom. The molecule has 41 heavy (non-hydrogen) atoms. The molecule has 0 aliphatic heterocycles. The van der Waals surface area contributed by atoms with Gasteiger partial charge in [-0.25, -0.2) is 0 Å². The van der Waals surface area contributed by atoms with Gasteiger partial charge in [-0.3, -0.25) is 24.1 Å². The summed E-state index contributed by atoms with van der Waals surface area (Å²) in [5, 5.41) is 48.4. The number of Topliss-reactive ketones (excluding diaryl/α,β-unsaturated/α-hetero) is 2. The van der Waals surface area contributed by atoms with Crippen LogP contribution >= 0.6 is 0 Å². The number of nitrogens with one attached hydrogen (secondary N) is 1. The van der Waals surface area contributed by atoms with Crippen LogP contribution < -0.4 is 16.0 Å². The smallest absolute Gasteiger partial charge is 0.255 e. The van der Waals surface area contributed by atoms with E-state index in [2.05, 4.69) is 5.32 Å². The average molecular weight is 571 g/mol. The van der Waals surface area contributed by atoms with Crippen molar-refractivity contribution in [3.8, 4) is 5.75 Å². The van der Waals surface area contributed by atoms with Crippen LogP contribution in [0.15, 0.2) is 29.0 Å². The number of aliphatic hydroxyl groups excluding tert-OH is 2. The van der Waals surface area contributed by atoms with Crippen molar-refractivity contribution in [1.29, 1.82) is 0 Å². The Hall–Kier alpha value is -3.90. The summed E-state index contributed by atoms with van der Waals surface area (Å²) in [7, 11) is 6.63. The fourth-order valence-corrected chi connectivity index (χ4v) is 6.75. The van der Waals surface area contributed by atoms with E-state index in [1.54, 1.807) is 25.1 Å². The first-order chi connectivity index (χ1) is 19.1. The van der Waals surface area contributed by atoms with Crippen molar-refractivity contribution < 1.29 is 39.6 Å². The minimum Gasteiger partial charge on any atom is -0.508 e. The zero-order valence-corrected chi connectivity index (χ0v) is 23.9. The zero-order chi connectivity index (χ0) is 30.6. The topological polar surface area (TPSA) is 194 Å². The quantitative estimate of drug-likeness (QED) is 0.242. The Kier molecular flexibility index (Phi) is 7.70. The minimum absolute atomic E-state index is 0.0100. The molecule has 3 aliphatic carbocycles. The highest BCUT2D eigenvalue weighted by Gasteiger charge is 2.67. The lowest BCUT2D eigenvalue weighted by atomic mass is 9.51. The number of ketones is 2. The van der Waals surface area contributed by atoms with E-state index < -0.39 is 57.5 Å². The van der Waals surface area contributed by atoms with Crippen LogP contribution in [-0.4, -0.2) is 95.1 Å². The van der Waals surface area contributed by atoms with E-state index >= 15 is 0 Å². The number of carbonyl (C=O) groups excluding carboxylic acids is 4. The first kappa shape index (κ1) is 30.1. The lowest BCUT2D eigenvalue weighted by molar-refractivity contribution is -0.157. The van der Waals surface area contributed by atoms with Crippen LogP contribution in [0.1, 0.15) is 43.7 Å². The van der Waals surface area contributed by atoms with Gasteiger partial charge in [-0.15, -0.1) is 0 Å². The Balaban J connectivity index is 2.02. The lowest BCUT2D eigenvalue weighted by Crippen LogP contribution is -2.68. The molecule has 3 aliphatic rings. The lowest BCUT2D eigenvalue weighted by Gasteiger charge is -2.55. The Morgan fingerprint density at radius 1 is 1.12 bits per heavy atom. The van der Waals surface area contributed by atoms with Crippen LogP contribution in [0.25, 0.3) is 5.76 Å². The zero-order valence-electron chi connectivity index (χ0n) is 23.9. The summed E-state index contributed by atoms with van der Waals surface area (Å²) in [5.41, 5.74) is 1.24. The van der Waals surface area contributed by atoms with Gasteiger partial charge in [0.1, 0.15) is 22.8 Å². The van der Waals surface area contributed by atoms with Gasteiger partial charge in [-0.2, -0.15) is 0 Å². The molecule has 4 atom stereocenters. The molecular formula is C29H38N4O8. The molecule has 1 fully saturated rings. The van der Waals surface area contributed by atoms with Gasteiger partial charge in [0.05, 0.1) is 11.6 Å². The second kappa shape index (κ2) is 10.5. The van der Waals surface area contributed by atoms with E-state index in [9.17, 15) is 39.6 Å². The third-order valence-electron chi connectivity index (χ3n) is 8.67. The number of hydrogen-bond donors (Lipinski definition) is 6. The van der Waals surface area contributed by atoms with Crippen molar-refractivity contribution in [3.05, 3.63) is 40.2 Å². The second-order valence-electron chi connectivity index (χ2n) is 11.7. The number of nitrogens with zero attached hydrogens (tertiary/aromatic N) is 2. The maximum Gasteiger partial charge on any atom is 0.255 e. The van der Waals surface area contributed by atoms with Gasteiger partial charge in [0, 0.05) is 49.7 Å². The molecule has 0 radical (unpaired) electrons. The van der Waals surface area contributed by atoms with Crippen LogP contribution in [0.4, 0.5) is 5.69 Å². The van der Waals surface area contributed by atoms with Crippen molar-refractivity contribution in [2.75, 3.05) is 39.6 Å². The van der Waals surface area contributed by atoms with E-state index in [0.717, 1.165) is 6.42 Å². The molecule has 1 aromatic carbocycles. The number of phenolic OH excluding ortho intramolecular Hbond substituents is 1. The summed E-state index contributed by atoms with van der Waals surface area (Å²) in [4.78, 5) is 56.1. The third-order valence-corrected chi connectivity index (χ3v) is 8.67. The molecule has 1 aromatic rings. The van der Waals surface area contributed by atoms with Crippen molar-refractivity contribution in [2.45, 2.75) is 50.7 Å². The summed E-state index contributed by atoms with van der Waals surface area (Å²) < 4.78 is 0. The molecule has 2 amide bonds. The minimum atomic E-state index is -2.78. The number of aliphatic hydroxyl groups is 3. The summed E-state index contributed by atoms with van der Waals surface area (Å²) >= 11 is 0. The van der Waals surface area contributed by atoms with Gasteiger partial charge in [0.15, 0.2) is 11.4 Å². The predicted molar refractivity (Wildman–Crippen MR) is 150 cm³/mol. The number of carbonyl (C=O) groups is 4. The number of benzene rings is 1. The summed E-state index contributed by atoms with van der Waals surface area (Å²) in [6, 6.07) is 1.80. The van der Waals surface area contributed by atoms with Gasteiger partial charge in [0.2, 0.25) is 11.7 Å². The standard InChI is InChI=1S/C29H38N4O8/c1-6-7-8-18(35)31-13-28-11-14-16(32(2)3)9-10-17(34)19(14)23(36)21(28)26(39)29(41)15(12-28)22(33(4)5)24(37)20(25(29)38)27(30)40/h9-10,15,22,34,36,38,41H,6-8,11-13H2,1-5H3,(H2,30,40)(H,31,35)/t15-,22-,28-,29+/m0/s1. The van der Waals surface area contributed by atoms with Crippen LogP contribution in [0.5, 0.6) is 5.75 Å². The van der Waals surface area contributed by atoms with E-state index in [1.165, 1.54) is 25.1 Å². The average Bonchev–Trinajstić information content (AvgIpc) is 2.88. The molecule has 222 valence electrons. The predicted octanol–water partition coefficient (Wildman–Crippen LogP) is 0.707. The third kappa shape index (κ3) is 4.45. The number of aromatic hydroxyl groups is 1. The van der Waals surface area contributed by atoms with Gasteiger partial charge in [0.25, 0.3) is 5.91 Å². The largest absolute Gasteiger partial charge is 0.508 e. The first-order valence-corrected chi connectivity index (χ1v) is 13.6. The van der Waals surface area contributed by atoms with Crippen LogP contribution in [0, 0.1) is 11.3 Å². The van der Waals surface area contributed by atoms with Gasteiger partial charge < -0.3 is 36.4 Å². The summed E-state index contributed by atoms with van der Waals surface area (Å²) in [5.74, 6) is -6.91. The number of likely N-dealkylation sites (N-methyl/N-ethyl adjacent to an activating group) is 1. The van der Waals surface area contributed by atoms with E-state index in [-0.39, 0.29) is 48.6 Å². The maximum atomic E-state index is 14.4. The molecular weight excluding hydrogens is 532 g/mol. The Labute approximate surface area is 238 Å². The van der Waals surface area contributed by atoms with Gasteiger partial charge in [-0.1, -0.05) is 13.3 Å². The van der Waals surface area contributed by atoms with E-state index in [0.29, 0.717) is 17.7 Å². The number of fused-ring (bicyclic) bond motifs is 3. The molecule has 4 rings (SSSR count). The SMILES string of the molecule is CCCCC(=O)NC[C@@]12Cc3c(N(C)C)ccc(O)c3C(O)=C1C(=O)[C@]1(O)C(O)=C(C(N)=O)C(=O)[C@@H](N(C)C)[C@@H]1C2. The number of primary amides is 1. The number of hydrogen-bond acceptors (Lipinski definition) is 10. The number of unbranched alkanes of at least 4 members (excludes halogenated alkanes) is 1. The van der Waals surface area contributed by atoms with E-state index in [1.807, 2.05) is 6.92 Å². The number of rotatable bonds is 8. The van der Waals surface area contributed by atoms with Crippen molar-refractivity contribution in [1.82, 2.24) is 10.2 Å². The number of anilines is 1. The van der Waals surface area contributed by atoms with Crippen LogP contribution in [0.2, 0.25) is 0 Å². The number of nitrogens with two attached hydrogens (primary N) is 1. The van der Waals surface area contributed by atoms with E-state index in [4.69, 9.17) is 5.73 Å². The Morgan fingerprint density at radius 3 is 2.34 bits per heavy atom. The molecule has 0 bridgehead atoms. The molecule has 0 aromatic heterocycles. The van der Waals surface area contributed by atoms with Crippen molar-refractivity contribution >= 4 is 34.8 Å². The fraction of sp³-hybridized carbons (Fsp3) is 0.517. The monoisotopic (exact) mass is 570 g/mol. The fourth-order valence-electron chi connectivity index (χ4n) is 6.75. The first-order valence-electron chi connectivity index (χ1n) is 13.6. The van der Waals surface area contributed by atoms with Gasteiger partial charge in [-0.05, 0) is 51.1 Å². The normalized spacial score (nSPS) is 27.4. The summed E-state index contributed by atoms with van der Waals surface area (Å²) in [6.07, 6.45) is 1.58. The molecule has 0 spiro atoms. The van der Waals surface area contributed by atoms with Crippen molar-refractivity contribution in [2.24, 2.45) is 17.1 Å². The molecule has 7 N–H and O–H groups in total. The van der Waals surface area contributed by atoms with Crippen LogP contribution in [-0.2, 0) is 25.6 Å². The molecule has 12 nitrogen and oxygen atoms in total. The second-order valence-corrected chi connectivity index (χ2v) is 11.7. The maximum absolute atomic E-state index is 14.4. The molecule has 0 saturated heterocycles. The molecule has 1 saturated carbocycles. The highest BCUT2D eigenvalue weighted by molar-refractivity contribution is 6.24. The highest BCUT2D eigenvalue weighted by Crippen LogP contribution is 2.58. The van der Waals surface area contributed by atoms with Crippen LogP contribution in [0.3, 0.4) is 0 Å². The molecule has 12 heteroatoms. The number of amides is 2. The number of phenols is 1. The molecule has 0 unspecified atom stereocenters.